The van der Waals surface area contributed by atoms with Crippen LogP contribution in [0.1, 0.15) is 20.7 Å². The third kappa shape index (κ3) is 3.37. The van der Waals surface area contributed by atoms with Gasteiger partial charge in [0.05, 0.1) is 41.1 Å². The van der Waals surface area contributed by atoms with E-state index in [1.165, 1.54) is 4.90 Å². The van der Waals surface area contributed by atoms with Gasteiger partial charge in [0.15, 0.2) is 0 Å². The SMILES string of the molecule is O=C1c2ccccc2C(=O)N1C[C@@]1([Si])CN(c2ccc(N3CCOCC3=O)cc2)C(=O)O1. The molecule has 3 radical (unpaired) electrons. The van der Waals surface area contributed by atoms with Gasteiger partial charge in [0.1, 0.15) is 11.8 Å². The number of hydrogen-bond acceptors (Lipinski definition) is 6. The Kier molecular flexibility index (Phi) is 4.83. The van der Waals surface area contributed by atoms with E-state index in [2.05, 4.69) is 10.2 Å². The van der Waals surface area contributed by atoms with Gasteiger partial charge in [-0.05, 0) is 36.4 Å². The highest BCUT2D eigenvalue weighted by atomic mass is 28.1. The number of carbonyl (C=O) groups is 4. The molecule has 10 heteroatoms. The van der Waals surface area contributed by atoms with E-state index in [-0.39, 0.29) is 25.6 Å². The van der Waals surface area contributed by atoms with Crippen molar-refractivity contribution >= 4 is 45.4 Å². The minimum atomic E-state index is -1.25. The van der Waals surface area contributed by atoms with E-state index in [0.29, 0.717) is 35.7 Å². The number of morpholine rings is 1. The Balaban J connectivity index is 1.31. The van der Waals surface area contributed by atoms with Gasteiger partial charge in [0.25, 0.3) is 17.7 Å². The van der Waals surface area contributed by atoms with Gasteiger partial charge in [0.2, 0.25) is 0 Å². The fourth-order valence-corrected chi connectivity index (χ4v) is 4.50. The number of imide groups is 1. The summed E-state index contributed by atoms with van der Waals surface area (Å²) in [6, 6.07) is 13.5. The summed E-state index contributed by atoms with van der Waals surface area (Å²) in [5.74, 6) is -0.959. The Morgan fingerprint density at radius 3 is 2.06 bits per heavy atom. The Hall–Kier alpha value is -3.50. The second-order valence-electron chi connectivity index (χ2n) is 7.80. The van der Waals surface area contributed by atoms with Crippen LogP contribution in [0, 0.1) is 0 Å². The first-order valence-electron chi connectivity index (χ1n) is 10.1. The van der Waals surface area contributed by atoms with E-state index in [1.54, 1.807) is 53.4 Å². The maximum absolute atomic E-state index is 12.7. The molecule has 0 unspecified atom stereocenters. The van der Waals surface area contributed by atoms with Crippen molar-refractivity contribution in [1.29, 1.82) is 0 Å². The summed E-state index contributed by atoms with van der Waals surface area (Å²) < 4.78 is 10.7. The Morgan fingerprint density at radius 1 is 0.875 bits per heavy atom. The normalized spacial score (nSPS) is 23.1. The van der Waals surface area contributed by atoms with Gasteiger partial charge in [-0.2, -0.15) is 0 Å². The lowest BCUT2D eigenvalue weighted by Crippen LogP contribution is -2.48. The van der Waals surface area contributed by atoms with E-state index in [9.17, 15) is 19.2 Å². The molecule has 0 aromatic heterocycles. The molecule has 2 fully saturated rings. The van der Waals surface area contributed by atoms with E-state index >= 15 is 0 Å². The highest BCUT2D eigenvalue weighted by Gasteiger charge is 2.47. The van der Waals surface area contributed by atoms with E-state index in [4.69, 9.17) is 9.47 Å². The van der Waals surface area contributed by atoms with Gasteiger partial charge in [-0.25, -0.2) is 4.79 Å². The van der Waals surface area contributed by atoms with Crippen molar-refractivity contribution in [2.75, 3.05) is 42.6 Å². The number of cyclic esters (lactones) is 1. The summed E-state index contributed by atoms with van der Waals surface area (Å²) in [7, 11) is 3.48. The fraction of sp³-hybridized carbons (Fsp3) is 0.273. The summed E-state index contributed by atoms with van der Waals surface area (Å²) in [6.07, 6.45) is -0.605. The zero-order chi connectivity index (χ0) is 22.5. The quantitative estimate of drug-likeness (QED) is 0.515. The number of carbonyl (C=O) groups excluding carboxylic acids is 4. The lowest BCUT2D eigenvalue weighted by atomic mass is 10.1. The predicted molar refractivity (Wildman–Crippen MR) is 114 cm³/mol. The molecule has 0 bridgehead atoms. The smallest absolute Gasteiger partial charge is 0.414 e. The Labute approximate surface area is 186 Å². The molecule has 5 rings (SSSR count). The van der Waals surface area contributed by atoms with Gasteiger partial charge in [-0.1, -0.05) is 12.1 Å². The average Bonchev–Trinajstić information content (AvgIpc) is 3.22. The maximum atomic E-state index is 12.7. The van der Waals surface area contributed by atoms with Crippen molar-refractivity contribution < 1.29 is 28.7 Å². The topological polar surface area (TPSA) is 96.5 Å². The van der Waals surface area contributed by atoms with Gasteiger partial charge >= 0.3 is 6.09 Å². The lowest BCUT2D eigenvalue weighted by Gasteiger charge is -2.27. The van der Waals surface area contributed by atoms with Crippen LogP contribution in [0.5, 0.6) is 0 Å². The average molecular weight is 448 g/mol. The highest BCUT2D eigenvalue weighted by molar-refractivity contribution is 6.23. The van der Waals surface area contributed by atoms with Crippen molar-refractivity contribution in [2.24, 2.45) is 0 Å². The molecule has 0 spiro atoms. The van der Waals surface area contributed by atoms with Crippen molar-refractivity contribution in [3.8, 4) is 0 Å². The van der Waals surface area contributed by atoms with E-state index in [1.807, 2.05) is 0 Å². The van der Waals surface area contributed by atoms with E-state index < -0.39 is 23.1 Å². The lowest BCUT2D eigenvalue weighted by molar-refractivity contribution is -0.125. The van der Waals surface area contributed by atoms with Crippen LogP contribution in [0.15, 0.2) is 48.5 Å². The van der Waals surface area contributed by atoms with Crippen LogP contribution >= 0.6 is 0 Å². The fourth-order valence-electron chi connectivity index (χ4n) is 4.10. The molecule has 9 nitrogen and oxygen atoms in total. The number of hydrogen-bond donors (Lipinski definition) is 0. The molecular weight excluding hydrogens is 430 g/mol. The molecule has 1 atom stereocenters. The molecule has 4 amide bonds. The first kappa shape index (κ1) is 20.4. The maximum Gasteiger partial charge on any atom is 0.414 e. The zero-order valence-electron chi connectivity index (χ0n) is 16.9. The molecule has 3 aliphatic heterocycles. The van der Waals surface area contributed by atoms with Gasteiger partial charge in [-0.3, -0.25) is 24.2 Å². The Bertz CT molecular complexity index is 1100. The third-order valence-corrected chi connectivity index (χ3v) is 6.09. The zero-order valence-corrected chi connectivity index (χ0v) is 17.9. The third-order valence-electron chi connectivity index (χ3n) is 5.67. The van der Waals surface area contributed by atoms with Crippen molar-refractivity contribution in [3.63, 3.8) is 0 Å². The summed E-state index contributed by atoms with van der Waals surface area (Å²) in [5, 5.41) is -1.25. The van der Waals surface area contributed by atoms with Crippen LogP contribution in [0.25, 0.3) is 0 Å². The number of nitrogens with zero attached hydrogens (tertiary/aromatic N) is 3. The largest absolute Gasteiger partial charge is 0.444 e. The number of rotatable bonds is 4. The second-order valence-corrected chi connectivity index (χ2v) is 8.72. The molecule has 2 saturated heterocycles. The summed E-state index contributed by atoms with van der Waals surface area (Å²) in [6.45, 7) is 0.943. The molecule has 0 aliphatic carbocycles. The molecule has 3 heterocycles. The number of amides is 4. The first-order valence-corrected chi connectivity index (χ1v) is 10.6. The summed E-state index contributed by atoms with van der Waals surface area (Å²) in [4.78, 5) is 54.1. The summed E-state index contributed by atoms with van der Waals surface area (Å²) in [5.41, 5.74) is 1.96. The minimum Gasteiger partial charge on any atom is -0.444 e. The van der Waals surface area contributed by atoms with Crippen LogP contribution in [-0.4, -0.2) is 77.0 Å². The highest BCUT2D eigenvalue weighted by Crippen LogP contribution is 2.31. The monoisotopic (exact) mass is 448 g/mol. The molecule has 2 aromatic carbocycles. The van der Waals surface area contributed by atoms with Gasteiger partial charge in [0, 0.05) is 17.9 Å². The standard InChI is InChI=1S/C22H18N3O6Si/c26-18-11-30-10-9-23(18)14-5-7-15(8-6-14)24-12-22(32,31-21(24)29)13-25-19(27)16-3-1-2-4-17(16)20(25)28/h1-8H,9-13H2/t22-/m0/s1. The van der Waals surface area contributed by atoms with Crippen molar-refractivity contribution in [1.82, 2.24) is 4.90 Å². The number of fused-ring (bicyclic) bond motifs is 1. The van der Waals surface area contributed by atoms with Gasteiger partial charge < -0.3 is 14.4 Å². The summed E-state index contributed by atoms with van der Waals surface area (Å²) >= 11 is 0. The molecule has 161 valence electrons. The first-order chi connectivity index (χ1) is 15.4. The molecular formula is C22H18N3O6Si. The van der Waals surface area contributed by atoms with Crippen molar-refractivity contribution in [2.45, 2.75) is 5.22 Å². The minimum absolute atomic E-state index is 0.0455. The van der Waals surface area contributed by atoms with E-state index in [0.717, 1.165) is 4.90 Å². The van der Waals surface area contributed by atoms with Crippen LogP contribution in [0.2, 0.25) is 0 Å². The molecule has 3 aliphatic rings. The molecule has 2 aromatic rings. The second kappa shape index (κ2) is 7.57. The molecule has 0 saturated carbocycles. The Morgan fingerprint density at radius 2 is 1.47 bits per heavy atom. The predicted octanol–water partition coefficient (Wildman–Crippen LogP) is 1.17. The number of ether oxygens (including phenoxy) is 2. The molecule has 32 heavy (non-hydrogen) atoms. The number of benzene rings is 2. The molecule has 0 N–H and O–H groups in total. The van der Waals surface area contributed by atoms with Gasteiger partial charge in [-0.15, -0.1) is 0 Å². The van der Waals surface area contributed by atoms with Crippen LogP contribution in [0.4, 0.5) is 16.2 Å². The number of anilines is 2. The van der Waals surface area contributed by atoms with Crippen LogP contribution in [0.3, 0.4) is 0 Å². The van der Waals surface area contributed by atoms with Crippen molar-refractivity contribution in [3.05, 3.63) is 59.7 Å². The van der Waals surface area contributed by atoms with Crippen LogP contribution in [-0.2, 0) is 14.3 Å². The van der Waals surface area contributed by atoms with Crippen LogP contribution < -0.4 is 9.80 Å².